The van der Waals surface area contributed by atoms with E-state index in [0.29, 0.717) is 0 Å². The summed E-state index contributed by atoms with van der Waals surface area (Å²) in [7, 11) is 0. The second-order valence-electron chi connectivity index (χ2n) is 4.60. The smallest absolute Gasteiger partial charge is 0.223 e. The van der Waals surface area contributed by atoms with Gasteiger partial charge in [0.1, 0.15) is 0 Å². The van der Waals surface area contributed by atoms with Crippen LogP contribution in [-0.4, -0.2) is 12.5 Å². The van der Waals surface area contributed by atoms with Crippen molar-refractivity contribution in [3.8, 4) is 0 Å². The van der Waals surface area contributed by atoms with Crippen LogP contribution in [0.4, 0.5) is 0 Å². The average Bonchev–Trinajstić information content (AvgIpc) is 2.31. The highest BCUT2D eigenvalue weighted by molar-refractivity contribution is 5.78. The van der Waals surface area contributed by atoms with E-state index in [4.69, 9.17) is 0 Å². The summed E-state index contributed by atoms with van der Waals surface area (Å²) in [5.41, 5.74) is 0. The average molecular weight is 227 g/mol. The van der Waals surface area contributed by atoms with Gasteiger partial charge in [-0.05, 0) is 19.3 Å². The molecule has 0 saturated heterocycles. The molecule has 2 nitrogen and oxygen atoms in total. The van der Waals surface area contributed by atoms with Crippen molar-refractivity contribution in [2.45, 2.75) is 72.1 Å². The summed E-state index contributed by atoms with van der Waals surface area (Å²) in [6, 6.07) is 0. The van der Waals surface area contributed by atoms with Gasteiger partial charge in [0.25, 0.3) is 0 Å². The van der Waals surface area contributed by atoms with E-state index in [1.165, 1.54) is 32.1 Å². The second kappa shape index (κ2) is 11.0. The molecule has 1 unspecified atom stereocenters. The third-order valence-corrected chi connectivity index (χ3v) is 3.07. The van der Waals surface area contributed by atoms with Crippen molar-refractivity contribution in [3.63, 3.8) is 0 Å². The number of nitrogens with one attached hydrogen (secondary N) is 1. The van der Waals surface area contributed by atoms with Gasteiger partial charge in [-0.15, -0.1) is 0 Å². The van der Waals surface area contributed by atoms with E-state index in [0.717, 1.165) is 25.8 Å². The first-order chi connectivity index (χ1) is 7.76. The van der Waals surface area contributed by atoms with Gasteiger partial charge in [-0.1, -0.05) is 52.9 Å². The van der Waals surface area contributed by atoms with Gasteiger partial charge in [0, 0.05) is 12.5 Å². The molecule has 0 aliphatic rings. The third kappa shape index (κ3) is 7.72. The molecule has 96 valence electrons. The van der Waals surface area contributed by atoms with Crippen LogP contribution in [0.15, 0.2) is 0 Å². The Morgan fingerprint density at radius 1 is 1.00 bits per heavy atom. The van der Waals surface area contributed by atoms with Crippen LogP contribution in [0.25, 0.3) is 0 Å². The number of amides is 1. The highest BCUT2D eigenvalue weighted by Crippen LogP contribution is 2.14. The molecular weight excluding hydrogens is 198 g/mol. The monoisotopic (exact) mass is 227 g/mol. The van der Waals surface area contributed by atoms with Gasteiger partial charge in [0.05, 0.1) is 0 Å². The Morgan fingerprint density at radius 3 is 2.25 bits per heavy atom. The number of hydrogen-bond acceptors (Lipinski definition) is 1. The molecule has 2 heteroatoms. The fourth-order valence-corrected chi connectivity index (χ4v) is 1.91. The summed E-state index contributed by atoms with van der Waals surface area (Å²) in [6.07, 6.45) is 9.50. The molecule has 0 fully saturated rings. The fraction of sp³-hybridized carbons (Fsp3) is 0.929. The summed E-state index contributed by atoms with van der Waals surface area (Å²) >= 11 is 0. The van der Waals surface area contributed by atoms with Crippen molar-refractivity contribution in [1.82, 2.24) is 5.32 Å². The minimum Gasteiger partial charge on any atom is -0.356 e. The molecule has 0 spiro atoms. The number of carbonyl (C=O) groups is 1. The van der Waals surface area contributed by atoms with Crippen molar-refractivity contribution in [2.24, 2.45) is 5.92 Å². The van der Waals surface area contributed by atoms with Gasteiger partial charge in [-0.25, -0.2) is 0 Å². The molecule has 0 aromatic rings. The number of hydrogen-bond donors (Lipinski definition) is 1. The lowest BCUT2D eigenvalue weighted by molar-refractivity contribution is -0.125. The fourth-order valence-electron chi connectivity index (χ4n) is 1.91. The van der Waals surface area contributed by atoms with Crippen LogP contribution in [0, 0.1) is 5.92 Å². The molecule has 0 aliphatic carbocycles. The van der Waals surface area contributed by atoms with Crippen LogP contribution >= 0.6 is 0 Å². The van der Waals surface area contributed by atoms with E-state index in [1.54, 1.807) is 0 Å². The zero-order valence-electron chi connectivity index (χ0n) is 11.3. The van der Waals surface area contributed by atoms with Crippen LogP contribution in [-0.2, 0) is 4.79 Å². The van der Waals surface area contributed by atoms with Crippen LogP contribution in [0.2, 0.25) is 0 Å². The minimum atomic E-state index is 0.244. The standard InChI is InChI=1S/C14H29NO/c1-4-7-8-9-10-11-13(6-3)14(16)15-12-5-2/h13H,4-12H2,1-3H3,(H,15,16). The lowest BCUT2D eigenvalue weighted by atomic mass is 9.97. The van der Waals surface area contributed by atoms with E-state index < -0.39 is 0 Å². The lowest BCUT2D eigenvalue weighted by Crippen LogP contribution is -2.30. The van der Waals surface area contributed by atoms with Gasteiger partial charge in [-0.2, -0.15) is 0 Å². The van der Waals surface area contributed by atoms with Gasteiger partial charge in [0.15, 0.2) is 0 Å². The first-order valence-electron chi connectivity index (χ1n) is 7.03. The predicted molar refractivity (Wildman–Crippen MR) is 70.5 cm³/mol. The normalized spacial score (nSPS) is 12.4. The Bertz CT molecular complexity index is 168. The lowest BCUT2D eigenvalue weighted by Gasteiger charge is -2.14. The highest BCUT2D eigenvalue weighted by Gasteiger charge is 2.14. The second-order valence-corrected chi connectivity index (χ2v) is 4.60. The molecule has 1 amide bonds. The molecule has 0 saturated carbocycles. The van der Waals surface area contributed by atoms with Gasteiger partial charge in [-0.3, -0.25) is 4.79 Å². The maximum atomic E-state index is 11.7. The maximum absolute atomic E-state index is 11.7. The van der Waals surface area contributed by atoms with Crippen molar-refractivity contribution in [2.75, 3.05) is 6.54 Å². The summed E-state index contributed by atoms with van der Waals surface area (Å²) in [6.45, 7) is 7.26. The van der Waals surface area contributed by atoms with Crippen LogP contribution in [0.3, 0.4) is 0 Å². The zero-order chi connectivity index (χ0) is 12.2. The summed E-state index contributed by atoms with van der Waals surface area (Å²) in [5, 5.41) is 3.00. The topological polar surface area (TPSA) is 29.1 Å². The SMILES string of the molecule is CCCCCCCC(CC)C(=O)NCCC. The van der Waals surface area contributed by atoms with E-state index >= 15 is 0 Å². The largest absolute Gasteiger partial charge is 0.356 e. The van der Waals surface area contributed by atoms with E-state index in [-0.39, 0.29) is 11.8 Å². The van der Waals surface area contributed by atoms with Gasteiger partial charge >= 0.3 is 0 Å². The molecule has 1 atom stereocenters. The molecule has 0 heterocycles. The molecule has 0 rings (SSSR count). The molecule has 16 heavy (non-hydrogen) atoms. The Hall–Kier alpha value is -0.530. The van der Waals surface area contributed by atoms with Crippen molar-refractivity contribution < 1.29 is 4.79 Å². The third-order valence-electron chi connectivity index (χ3n) is 3.07. The quantitative estimate of drug-likeness (QED) is 0.563. The Kier molecular flexibility index (Phi) is 10.6. The molecular formula is C14H29NO. The summed E-state index contributed by atoms with van der Waals surface area (Å²) < 4.78 is 0. The van der Waals surface area contributed by atoms with Crippen molar-refractivity contribution >= 4 is 5.91 Å². The molecule has 0 bridgehead atoms. The van der Waals surface area contributed by atoms with E-state index in [1.807, 2.05) is 0 Å². The minimum absolute atomic E-state index is 0.244. The molecule has 1 N–H and O–H groups in total. The van der Waals surface area contributed by atoms with Crippen LogP contribution in [0.5, 0.6) is 0 Å². The van der Waals surface area contributed by atoms with Gasteiger partial charge in [0.2, 0.25) is 5.91 Å². The number of rotatable bonds is 10. The summed E-state index contributed by atoms with van der Waals surface area (Å²) in [4.78, 5) is 11.7. The summed E-state index contributed by atoms with van der Waals surface area (Å²) in [5.74, 6) is 0.507. The van der Waals surface area contributed by atoms with Crippen molar-refractivity contribution in [1.29, 1.82) is 0 Å². The molecule has 0 aromatic carbocycles. The first kappa shape index (κ1) is 15.5. The Labute approximate surface area is 101 Å². The predicted octanol–water partition coefficient (Wildman–Crippen LogP) is 3.90. The van der Waals surface area contributed by atoms with Crippen LogP contribution < -0.4 is 5.32 Å². The Morgan fingerprint density at radius 2 is 1.69 bits per heavy atom. The van der Waals surface area contributed by atoms with Gasteiger partial charge < -0.3 is 5.32 Å². The molecule has 0 aromatic heterocycles. The van der Waals surface area contributed by atoms with Crippen LogP contribution in [0.1, 0.15) is 72.1 Å². The molecule has 0 radical (unpaired) electrons. The van der Waals surface area contributed by atoms with E-state index in [9.17, 15) is 4.79 Å². The molecule has 0 aliphatic heterocycles. The number of carbonyl (C=O) groups excluding carboxylic acids is 1. The van der Waals surface area contributed by atoms with Crippen molar-refractivity contribution in [3.05, 3.63) is 0 Å². The zero-order valence-corrected chi connectivity index (χ0v) is 11.3. The maximum Gasteiger partial charge on any atom is 0.223 e. The first-order valence-corrected chi connectivity index (χ1v) is 7.03. The van der Waals surface area contributed by atoms with E-state index in [2.05, 4.69) is 26.1 Å². The highest BCUT2D eigenvalue weighted by atomic mass is 16.1. The number of unbranched alkanes of at least 4 members (excludes halogenated alkanes) is 4. The Balaban J connectivity index is 3.61.